The summed E-state index contributed by atoms with van der Waals surface area (Å²) in [4.78, 5) is 13.6. The Balaban J connectivity index is 3.41. The lowest BCUT2D eigenvalue weighted by atomic mass is 10.2. The third kappa shape index (κ3) is 3.40. The lowest BCUT2D eigenvalue weighted by Gasteiger charge is -2.14. The first-order chi connectivity index (χ1) is 8.13. The molecule has 0 aromatic carbocycles. The number of halogens is 6. The summed E-state index contributed by atoms with van der Waals surface area (Å²) >= 11 is 1.18. The summed E-state index contributed by atoms with van der Waals surface area (Å²) in [6.07, 6.45) is -7.99. The van der Waals surface area contributed by atoms with Crippen LogP contribution >= 0.6 is 22.6 Å². The largest absolute Gasteiger partial charge is 0.573 e. The molecule has 1 heterocycles. The van der Waals surface area contributed by atoms with Crippen LogP contribution in [0.4, 0.5) is 22.0 Å². The van der Waals surface area contributed by atoms with E-state index in [2.05, 4.69) is 9.72 Å². The van der Waals surface area contributed by atoms with E-state index in [0.717, 1.165) is 0 Å². The molecule has 18 heavy (non-hydrogen) atoms. The van der Waals surface area contributed by atoms with E-state index in [1.54, 1.807) is 0 Å². The van der Waals surface area contributed by atoms with Crippen LogP contribution in [0.5, 0.6) is 5.75 Å². The minimum atomic E-state index is -5.22. The summed E-state index contributed by atoms with van der Waals surface area (Å²) in [5.74, 6) is -2.89. The fourth-order valence-corrected chi connectivity index (χ4v) is 1.76. The van der Waals surface area contributed by atoms with Gasteiger partial charge in [0.1, 0.15) is 5.69 Å². The van der Waals surface area contributed by atoms with Gasteiger partial charge in [0.05, 0.1) is 9.13 Å². The van der Waals surface area contributed by atoms with E-state index >= 15 is 0 Å². The maximum Gasteiger partial charge on any atom is 0.573 e. The van der Waals surface area contributed by atoms with Crippen molar-refractivity contribution in [3.05, 3.63) is 21.0 Å². The molecule has 0 saturated carbocycles. The number of carboxylic acids is 1. The highest BCUT2D eigenvalue weighted by Crippen LogP contribution is 2.36. The number of hydrogen-bond donors (Lipinski definition) is 1. The molecule has 100 valence electrons. The van der Waals surface area contributed by atoms with Crippen LogP contribution in [0.1, 0.15) is 22.5 Å². The van der Waals surface area contributed by atoms with Gasteiger partial charge in [0.15, 0.2) is 5.75 Å². The summed E-state index contributed by atoms with van der Waals surface area (Å²) < 4.78 is 63.9. The number of nitrogens with zero attached hydrogens (tertiary/aromatic N) is 1. The Morgan fingerprint density at radius 1 is 1.44 bits per heavy atom. The minimum absolute atomic E-state index is 0.550. The number of ether oxygens (including phenoxy) is 1. The van der Waals surface area contributed by atoms with Crippen LogP contribution in [0.15, 0.2) is 6.20 Å². The summed E-state index contributed by atoms with van der Waals surface area (Å²) in [7, 11) is 0. The van der Waals surface area contributed by atoms with Crippen molar-refractivity contribution in [1.82, 2.24) is 4.98 Å². The van der Waals surface area contributed by atoms with Gasteiger partial charge in [-0.3, -0.25) is 4.98 Å². The number of pyridine rings is 1. The molecule has 1 aromatic heterocycles. The van der Waals surface area contributed by atoms with Crippen molar-refractivity contribution in [2.75, 3.05) is 0 Å². The van der Waals surface area contributed by atoms with E-state index in [4.69, 9.17) is 5.11 Å². The number of hydrogen-bond acceptors (Lipinski definition) is 3. The summed E-state index contributed by atoms with van der Waals surface area (Å²) in [5, 5.41) is 8.65. The highest BCUT2D eigenvalue weighted by molar-refractivity contribution is 14.1. The van der Waals surface area contributed by atoms with E-state index in [0.29, 0.717) is 6.20 Å². The van der Waals surface area contributed by atoms with Crippen molar-refractivity contribution in [3.63, 3.8) is 0 Å². The topological polar surface area (TPSA) is 59.4 Å². The predicted octanol–water partition coefficient (Wildman–Crippen LogP) is 3.22. The Bertz CT molecular complexity index is 477. The van der Waals surface area contributed by atoms with Gasteiger partial charge in [0, 0.05) is 6.20 Å². The van der Waals surface area contributed by atoms with Crippen LogP contribution in [0.3, 0.4) is 0 Å². The fourth-order valence-electron chi connectivity index (χ4n) is 1.00. The Morgan fingerprint density at radius 3 is 2.39 bits per heavy atom. The van der Waals surface area contributed by atoms with Gasteiger partial charge < -0.3 is 9.84 Å². The molecule has 10 heteroatoms. The standard InChI is InChI=1S/C8H3F5INO3/c9-6(10)4-5(18-8(11,12)13)3(14)2(1-15-4)7(16)17/h1,6H,(H,16,17). The zero-order chi connectivity index (χ0) is 14.1. The third-order valence-electron chi connectivity index (χ3n) is 1.66. The second-order valence-electron chi connectivity index (χ2n) is 2.85. The zero-order valence-electron chi connectivity index (χ0n) is 8.13. The maximum atomic E-state index is 12.5. The highest BCUT2D eigenvalue weighted by Gasteiger charge is 2.36. The predicted molar refractivity (Wildman–Crippen MR) is 55.6 cm³/mol. The number of aromatic carboxylic acids is 1. The summed E-state index contributed by atoms with van der Waals surface area (Å²) in [6.45, 7) is 0. The smallest absolute Gasteiger partial charge is 0.478 e. The van der Waals surface area contributed by atoms with Gasteiger partial charge >= 0.3 is 12.3 Å². The lowest BCUT2D eigenvalue weighted by molar-refractivity contribution is -0.275. The molecule has 0 aliphatic rings. The maximum absolute atomic E-state index is 12.5. The van der Waals surface area contributed by atoms with Crippen LogP contribution in [-0.2, 0) is 0 Å². The summed E-state index contributed by atoms with van der Waals surface area (Å²) in [6, 6.07) is 0. The Kier molecular flexibility index (Phi) is 4.29. The van der Waals surface area contributed by atoms with Crippen molar-refractivity contribution in [2.45, 2.75) is 12.8 Å². The molecule has 0 radical (unpaired) electrons. The van der Waals surface area contributed by atoms with Crippen molar-refractivity contribution in [3.8, 4) is 5.75 Å². The molecule has 1 aromatic rings. The summed E-state index contributed by atoms with van der Waals surface area (Å²) in [5.41, 5.74) is -1.92. The average molecular weight is 383 g/mol. The van der Waals surface area contributed by atoms with Gasteiger partial charge in [-0.1, -0.05) is 0 Å². The number of aromatic nitrogens is 1. The quantitative estimate of drug-likeness (QED) is 0.644. The van der Waals surface area contributed by atoms with Crippen molar-refractivity contribution >= 4 is 28.6 Å². The third-order valence-corrected chi connectivity index (χ3v) is 2.73. The van der Waals surface area contributed by atoms with Gasteiger partial charge in [-0.15, -0.1) is 13.2 Å². The normalized spacial score (nSPS) is 11.7. The van der Waals surface area contributed by atoms with E-state index in [1.165, 1.54) is 22.6 Å². The van der Waals surface area contributed by atoms with Gasteiger partial charge in [-0.25, -0.2) is 13.6 Å². The molecule has 0 fully saturated rings. The molecular weight excluding hydrogens is 380 g/mol. The highest BCUT2D eigenvalue weighted by atomic mass is 127. The van der Waals surface area contributed by atoms with Crippen LogP contribution in [0.2, 0.25) is 0 Å². The van der Waals surface area contributed by atoms with Gasteiger partial charge in [0.25, 0.3) is 6.43 Å². The molecule has 0 unspecified atom stereocenters. The molecule has 1 N–H and O–H groups in total. The first-order valence-corrected chi connectivity index (χ1v) is 5.17. The van der Waals surface area contributed by atoms with Crippen molar-refractivity contribution < 1.29 is 36.6 Å². The number of rotatable bonds is 3. The molecular formula is C8H3F5INO3. The molecule has 0 saturated heterocycles. The van der Waals surface area contributed by atoms with Crippen LogP contribution in [-0.4, -0.2) is 22.4 Å². The van der Waals surface area contributed by atoms with Crippen LogP contribution < -0.4 is 4.74 Å². The second kappa shape index (κ2) is 5.20. The van der Waals surface area contributed by atoms with Gasteiger partial charge in [0.2, 0.25) is 0 Å². The number of alkyl halides is 5. The molecule has 1 rings (SSSR count). The average Bonchev–Trinajstić information content (AvgIpc) is 2.17. The molecule has 0 spiro atoms. The first-order valence-electron chi connectivity index (χ1n) is 4.09. The van der Waals surface area contributed by atoms with Gasteiger partial charge in [-0.05, 0) is 22.6 Å². The van der Waals surface area contributed by atoms with Crippen LogP contribution in [0.25, 0.3) is 0 Å². The monoisotopic (exact) mass is 383 g/mol. The van der Waals surface area contributed by atoms with Crippen LogP contribution in [0, 0.1) is 3.57 Å². The number of carboxylic acid groups (broad SMARTS) is 1. The molecule has 0 amide bonds. The number of carbonyl (C=O) groups is 1. The second-order valence-corrected chi connectivity index (χ2v) is 3.93. The Hall–Kier alpha value is -1.20. The Morgan fingerprint density at radius 2 is 2.00 bits per heavy atom. The van der Waals surface area contributed by atoms with Gasteiger partial charge in [-0.2, -0.15) is 0 Å². The SMILES string of the molecule is O=C(O)c1cnc(C(F)F)c(OC(F)(F)F)c1I. The Labute approximate surface area is 110 Å². The van der Waals surface area contributed by atoms with Crippen molar-refractivity contribution in [1.29, 1.82) is 0 Å². The minimum Gasteiger partial charge on any atom is -0.478 e. The van der Waals surface area contributed by atoms with E-state index in [1.807, 2.05) is 0 Å². The molecule has 0 atom stereocenters. The van der Waals surface area contributed by atoms with E-state index in [-0.39, 0.29) is 0 Å². The van der Waals surface area contributed by atoms with E-state index in [9.17, 15) is 26.7 Å². The molecule has 4 nitrogen and oxygen atoms in total. The lowest BCUT2D eigenvalue weighted by Crippen LogP contribution is -2.20. The van der Waals surface area contributed by atoms with Crippen molar-refractivity contribution in [2.24, 2.45) is 0 Å². The zero-order valence-corrected chi connectivity index (χ0v) is 10.3. The fraction of sp³-hybridized carbons (Fsp3) is 0.250. The molecule has 0 aliphatic heterocycles. The molecule has 0 aliphatic carbocycles. The van der Waals surface area contributed by atoms with E-state index < -0.39 is 39.3 Å². The molecule has 0 bridgehead atoms. The first kappa shape index (κ1) is 14.9.